The molecule has 1 aliphatic heterocycles. The second-order valence-electron chi connectivity index (χ2n) is 5.92. The first-order chi connectivity index (χ1) is 11.3. The highest BCUT2D eigenvalue weighted by Gasteiger charge is 2.28. The van der Waals surface area contributed by atoms with Crippen molar-refractivity contribution in [3.63, 3.8) is 0 Å². The fourth-order valence-electron chi connectivity index (χ4n) is 2.65. The van der Waals surface area contributed by atoms with E-state index in [0.29, 0.717) is 19.2 Å². The van der Waals surface area contributed by atoms with Crippen LogP contribution < -0.4 is 0 Å². The van der Waals surface area contributed by atoms with Crippen molar-refractivity contribution in [2.75, 3.05) is 39.8 Å². The second kappa shape index (κ2) is 7.67. The Hall–Kier alpha value is -2.06. The van der Waals surface area contributed by atoms with E-state index in [2.05, 4.69) is 0 Å². The molecule has 8 heteroatoms. The lowest BCUT2D eigenvalue weighted by Crippen LogP contribution is -2.49. The number of nitrogens with zero attached hydrogens (tertiary/aromatic N) is 2. The molecule has 132 valence electrons. The van der Waals surface area contributed by atoms with E-state index in [1.807, 2.05) is 0 Å². The minimum Gasteiger partial charge on any atom is -0.480 e. The van der Waals surface area contributed by atoms with Crippen molar-refractivity contribution in [3.05, 3.63) is 34.9 Å². The first kappa shape index (κ1) is 18.3. The molecule has 24 heavy (non-hydrogen) atoms. The minimum atomic E-state index is -0.954. The highest BCUT2D eigenvalue weighted by Crippen LogP contribution is 2.18. The Labute approximate surface area is 138 Å². The predicted octanol–water partition coefficient (Wildman–Crippen LogP) is 1.13. The van der Waals surface area contributed by atoms with Gasteiger partial charge in [0.05, 0.1) is 24.8 Å². The van der Waals surface area contributed by atoms with E-state index >= 15 is 0 Å². The van der Waals surface area contributed by atoms with E-state index < -0.39 is 23.5 Å². The molecule has 0 aromatic heterocycles. The van der Waals surface area contributed by atoms with Gasteiger partial charge in [-0.15, -0.1) is 0 Å². The lowest BCUT2D eigenvalue weighted by atomic mass is 10.1. The average Bonchev–Trinajstić information content (AvgIpc) is 2.49. The fourth-order valence-corrected chi connectivity index (χ4v) is 2.65. The lowest BCUT2D eigenvalue weighted by Gasteiger charge is -2.34. The van der Waals surface area contributed by atoms with Gasteiger partial charge < -0.3 is 14.7 Å². The van der Waals surface area contributed by atoms with Crippen molar-refractivity contribution in [2.24, 2.45) is 0 Å². The molecule has 1 amide bonds. The third-order valence-electron chi connectivity index (χ3n) is 3.83. The van der Waals surface area contributed by atoms with Crippen LogP contribution in [0.1, 0.15) is 15.9 Å². The van der Waals surface area contributed by atoms with Crippen LogP contribution in [0.3, 0.4) is 0 Å². The number of hydrogen-bond donors (Lipinski definition) is 1. The van der Waals surface area contributed by atoms with Gasteiger partial charge in [0.1, 0.15) is 11.6 Å². The van der Waals surface area contributed by atoms with Crippen LogP contribution in [0.15, 0.2) is 12.1 Å². The molecule has 1 saturated heterocycles. The molecule has 1 heterocycles. The number of carbonyl (C=O) groups is 2. The van der Waals surface area contributed by atoms with E-state index in [0.717, 1.165) is 0 Å². The van der Waals surface area contributed by atoms with Gasteiger partial charge in [0.15, 0.2) is 0 Å². The molecule has 1 atom stereocenters. The van der Waals surface area contributed by atoms with Crippen molar-refractivity contribution in [2.45, 2.75) is 13.0 Å². The second-order valence-corrected chi connectivity index (χ2v) is 5.92. The molecule has 0 bridgehead atoms. The number of carboxylic acid groups (broad SMARTS) is 1. The molecule has 1 N–H and O–H groups in total. The summed E-state index contributed by atoms with van der Waals surface area (Å²) in [6.07, 6.45) is -0.364. The molecule has 6 nitrogen and oxygen atoms in total. The molecular formula is C16H20F2N2O4. The molecular weight excluding hydrogens is 322 g/mol. The Morgan fingerprint density at radius 2 is 2.08 bits per heavy atom. The number of morpholine rings is 1. The van der Waals surface area contributed by atoms with Gasteiger partial charge in [-0.3, -0.25) is 14.5 Å². The smallest absolute Gasteiger partial charge is 0.317 e. The number of ether oxygens (including phenoxy) is 1. The molecule has 0 spiro atoms. The highest BCUT2D eigenvalue weighted by molar-refractivity contribution is 5.94. The zero-order valence-electron chi connectivity index (χ0n) is 13.6. The Morgan fingerprint density at radius 3 is 2.75 bits per heavy atom. The highest BCUT2D eigenvalue weighted by atomic mass is 19.1. The predicted molar refractivity (Wildman–Crippen MR) is 81.9 cm³/mol. The van der Waals surface area contributed by atoms with Gasteiger partial charge >= 0.3 is 5.97 Å². The number of carboxylic acids is 1. The average molecular weight is 342 g/mol. The summed E-state index contributed by atoms with van der Waals surface area (Å²) in [6.45, 7) is 2.46. The largest absolute Gasteiger partial charge is 0.480 e. The fraction of sp³-hybridized carbons (Fsp3) is 0.500. The summed E-state index contributed by atoms with van der Waals surface area (Å²) in [6, 6.07) is 1.91. The van der Waals surface area contributed by atoms with Crippen LogP contribution in [0.25, 0.3) is 0 Å². The van der Waals surface area contributed by atoms with Gasteiger partial charge in [-0.2, -0.15) is 0 Å². The van der Waals surface area contributed by atoms with Crippen molar-refractivity contribution in [3.8, 4) is 0 Å². The molecule has 1 aliphatic rings. The van der Waals surface area contributed by atoms with Crippen LogP contribution in [-0.4, -0.2) is 72.7 Å². The standard InChI is InChI=1S/C16H20F2N2O4/c1-10-5-12(14(18)6-13(10)17)16(23)20-3-4-24-11(8-20)7-19(2)9-15(21)22/h5-6,11H,3-4,7-9H2,1-2H3,(H,21,22). The maximum absolute atomic E-state index is 13.9. The van der Waals surface area contributed by atoms with Crippen LogP contribution in [-0.2, 0) is 9.53 Å². The van der Waals surface area contributed by atoms with Crippen LogP contribution in [0, 0.1) is 18.6 Å². The number of carbonyl (C=O) groups excluding carboxylic acids is 1. The number of likely N-dealkylation sites (N-methyl/N-ethyl adjacent to an activating group) is 1. The summed E-state index contributed by atoms with van der Waals surface area (Å²) in [4.78, 5) is 26.2. The van der Waals surface area contributed by atoms with Crippen LogP contribution in [0.5, 0.6) is 0 Å². The molecule has 1 fully saturated rings. The molecule has 0 radical (unpaired) electrons. The van der Waals surface area contributed by atoms with Gasteiger partial charge in [-0.05, 0) is 25.6 Å². The summed E-state index contributed by atoms with van der Waals surface area (Å²) >= 11 is 0. The molecule has 1 aromatic rings. The Balaban J connectivity index is 2.05. The molecule has 1 aromatic carbocycles. The molecule has 2 rings (SSSR count). The Bertz CT molecular complexity index is 639. The van der Waals surface area contributed by atoms with E-state index in [1.54, 1.807) is 11.9 Å². The topological polar surface area (TPSA) is 70.1 Å². The van der Waals surface area contributed by atoms with Gasteiger partial charge in [-0.25, -0.2) is 8.78 Å². The summed E-state index contributed by atoms with van der Waals surface area (Å²) in [5, 5.41) is 8.76. The molecule has 0 aliphatic carbocycles. The number of hydrogen-bond acceptors (Lipinski definition) is 4. The van der Waals surface area contributed by atoms with Crippen molar-refractivity contribution < 1.29 is 28.2 Å². The van der Waals surface area contributed by atoms with E-state index in [-0.39, 0.29) is 36.9 Å². The molecule has 1 unspecified atom stereocenters. The number of aliphatic carboxylic acids is 1. The normalized spacial score (nSPS) is 18.0. The zero-order chi connectivity index (χ0) is 17.9. The number of benzene rings is 1. The third kappa shape index (κ3) is 4.48. The van der Waals surface area contributed by atoms with Crippen LogP contribution >= 0.6 is 0 Å². The Kier molecular flexibility index (Phi) is 5.84. The first-order valence-corrected chi connectivity index (χ1v) is 7.54. The molecule has 0 saturated carbocycles. The summed E-state index contributed by atoms with van der Waals surface area (Å²) < 4.78 is 32.8. The van der Waals surface area contributed by atoms with E-state index in [1.165, 1.54) is 17.9 Å². The number of amides is 1. The third-order valence-corrected chi connectivity index (χ3v) is 3.83. The van der Waals surface area contributed by atoms with Crippen molar-refractivity contribution in [1.29, 1.82) is 0 Å². The van der Waals surface area contributed by atoms with Crippen molar-refractivity contribution in [1.82, 2.24) is 9.80 Å². The summed E-state index contributed by atoms with van der Waals surface area (Å²) in [5.74, 6) is -3.07. The SMILES string of the molecule is Cc1cc(C(=O)N2CCOC(CN(C)CC(=O)O)C2)c(F)cc1F. The minimum absolute atomic E-state index is 0.139. The van der Waals surface area contributed by atoms with Crippen LogP contribution in [0.2, 0.25) is 0 Å². The summed E-state index contributed by atoms with van der Waals surface area (Å²) in [7, 11) is 1.64. The first-order valence-electron chi connectivity index (χ1n) is 7.54. The van der Waals surface area contributed by atoms with E-state index in [9.17, 15) is 18.4 Å². The van der Waals surface area contributed by atoms with Crippen LogP contribution in [0.4, 0.5) is 8.78 Å². The van der Waals surface area contributed by atoms with Gasteiger partial charge in [-0.1, -0.05) is 0 Å². The van der Waals surface area contributed by atoms with E-state index in [4.69, 9.17) is 9.84 Å². The van der Waals surface area contributed by atoms with Gasteiger partial charge in [0.25, 0.3) is 5.91 Å². The maximum Gasteiger partial charge on any atom is 0.317 e. The zero-order valence-corrected chi connectivity index (χ0v) is 13.6. The number of aryl methyl sites for hydroxylation is 1. The lowest BCUT2D eigenvalue weighted by molar-refractivity contribution is -0.138. The number of rotatable bonds is 5. The quantitative estimate of drug-likeness (QED) is 0.869. The monoisotopic (exact) mass is 342 g/mol. The van der Waals surface area contributed by atoms with Crippen molar-refractivity contribution >= 4 is 11.9 Å². The maximum atomic E-state index is 13.9. The van der Waals surface area contributed by atoms with Gasteiger partial charge in [0, 0.05) is 25.7 Å². The van der Waals surface area contributed by atoms with Gasteiger partial charge in [0.2, 0.25) is 0 Å². The number of halogens is 2. The summed E-state index contributed by atoms with van der Waals surface area (Å²) in [5.41, 5.74) is 0.0270. The Morgan fingerprint density at radius 1 is 1.38 bits per heavy atom.